The van der Waals surface area contributed by atoms with Crippen LogP contribution < -0.4 is 0 Å². The first kappa shape index (κ1) is 23.0. The molecule has 0 aromatic rings. The van der Waals surface area contributed by atoms with Crippen LogP contribution in [0.2, 0.25) is 0 Å². The molecule has 0 spiro atoms. The van der Waals surface area contributed by atoms with E-state index in [0.29, 0.717) is 0 Å². The van der Waals surface area contributed by atoms with E-state index in [1.54, 1.807) is 0 Å². The molecule has 28 heavy (non-hydrogen) atoms. The molecule has 2 N–H and O–H groups in total. The Balaban J connectivity index is 2.88. The lowest BCUT2D eigenvalue weighted by molar-refractivity contribution is -0.257. The Bertz CT molecular complexity index is 671. The Morgan fingerprint density at radius 2 is 1.79 bits per heavy atom. The van der Waals surface area contributed by atoms with Crippen LogP contribution >= 0.6 is 0 Å². The topological polar surface area (TPSA) is 189 Å². The van der Waals surface area contributed by atoms with Gasteiger partial charge in [-0.3, -0.25) is 14.4 Å². The molecule has 0 saturated carbocycles. The zero-order chi connectivity index (χ0) is 21.5. The third-order valence-electron chi connectivity index (χ3n) is 3.56. The lowest BCUT2D eigenvalue weighted by atomic mass is 9.96. The second kappa shape index (κ2) is 9.23. The van der Waals surface area contributed by atoms with Crippen molar-refractivity contribution in [3.05, 3.63) is 0 Å². The Labute approximate surface area is 157 Å². The van der Waals surface area contributed by atoms with E-state index in [1.165, 1.54) is 0 Å². The normalized spacial score (nSPS) is 23.9. The molecule has 3 atom stereocenters. The van der Waals surface area contributed by atoms with Crippen molar-refractivity contribution in [2.24, 2.45) is 0 Å². The minimum Gasteiger partial charge on any atom is -0.469 e. The maximum Gasteiger partial charge on any atom is 0.412 e. The van der Waals surface area contributed by atoms with Crippen LogP contribution in [0.15, 0.2) is 0 Å². The van der Waals surface area contributed by atoms with Crippen LogP contribution in [-0.2, 0) is 52.5 Å². The van der Waals surface area contributed by atoms with Crippen LogP contribution in [0, 0.1) is 0 Å². The molecule has 1 fully saturated rings. The number of aliphatic hydroxyl groups is 2. The quantitative estimate of drug-likeness (QED) is 0.244. The molecule has 0 bridgehead atoms. The van der Waals surface area contributed by atoms with Gasteiger partial charge in [-0.15, -0.1) is 0 Å². The number of ether oxygens (including phenoxy) is 5. The van der Waals surface area contributed by atoms with E-state index in [4.69, 9.17) is 0 Å². The van der Waals surface area contributed by atoms with Crippen LogP contribution in [-0.4, -0.2) is 78.2 Å². The third kappa shape index (κ3) is 5.72. The number of aldehydes is 1. The van der Waals surface area contributed by atoms with Crippen molar-refractivity contribution in [2.45, 2.75) is 43.4 Å². The van der Waals surface area contributed by atoms with E-state index in [2.05, 4.69) is 23.7 Å². The highest BCUT2D eigenvalue weighted by Crippen LogP contribution is 2.24. The van der Waals surface area contributed by atoms with Crippen molar-refractivity contribution in [3.63, 3.8) is 0 Å². The molecule has 3 unspecified atom stereocenters. The first-order chi connectivity index (χ1) is 13.0. The molecule has 0 aromatic carbocycles. The molecule has 156 valence electrons. The first-order valence-corrected chi connectivity index (χ1v) is 7.63. The van der Waals surface area contributed by atoms with Gasteiger partial charge in [0.15, 0.2) is 11.2 Å². The summed E-state index contributed by atoms with van der Waals surface area (Å²) in [6, 6.07) is 0. The third-order valence-corrected chi connectivity index (χ3v) is 3.56. The van der Waals surface area contributed by atoms with Crippen molar-refractivity contribution in [1.29, 1.82) is 0 Å². The number of esters is 5. The fourth-order valence-corrected chi connectivity index (χ4v) is 2.12. The zero-order valence-electron chi connectivity index (χ0n) is 14.9. The van der Waals surface area contributed by atoms with Crippen molar-refractivity contribution >= 4 is 36.1 Å². The molecular weight excluding hydrogens is 388 g/mol. The largest absolute Gasteiger partial charge is 0.469 e. The van der Waals surface area contributed by atoms with Crippen LogP contribution in [0.3, 0.4) is 0 Å². The number of hydrogen-bond donors (Lipinski definition) is 2. The summed E-state index contributed by atoms with van der Waals surface area (Å²) in [5.74, 6) is -6.54. The zero-order valence-corrected chi connectivity index (χ0v) is 14.9. The summed E-state index contributed by atoms with van der Waals surface area (Å²) in [4.78, 5) is 69.1. The molecule has 1 rings (SSSR count). The van der Waals surface area contributed by atoms with Crippen molar-refractivity contribution in [1.82, 2.24) is 0 Å². The van der Waals surface area contributed by atoms with Gasteiger partial charge in [0.05, 0.1) is 33.5 Å². The Morgan fingerprint density at radius 1 is 1.18 bits per heavy atom. The molecule has 0 amide bonds. The number of hydrogen-bond acceptors (Lipinski definition) is 13. The summed E-state index contributed by atoms with van der Waals surface area (Å²) in [5, 5.41) is 20.2. The smallest absolute Gasteiger partial charge is 0.412 e. The lowest BCUT2D eigenvalue weighted by Gasteiger charge is -2.24. The van der Waals surface area contributed by atoms with Gasteiger partial charge in [0.1, 0.15) is 6.29 Å². The van der Waals surface area contributed by atoms with Gasteiger partial charge in [-0.25, -0.2) is 9.59 Å². The summed E-state index contributed by atoms with van der Waals surface area (Å²) >= 11 is 0. The maximum absolute atomic E-state index is 12.0. The van der Waals surface area contributed by atoms with E-state index >= 15 is 0 Å². The SMILES string of the molecule is COC(=O)CC(O)(CC(=O)OC1OC(=O)CC(O)(CC=O)C(=O)O1)C(=O)OC. The molecule has 0 radical (unpaired) electrons. The maximum atomic E-state index is 12.0. The molecule has 0 aromatic heterocycles. The molecular formula is C15H18O13. The number of rotatable bonds is 8. The van der Waals surface area contributed by atoms with Crippen LogP contribution in [0.25, 0.3) is 0 Å². The molecule has 0 aliphatic carbocycles. The van der Waals surface area contributed by atoms with Gasteiger partial charge in [0.2, 0.25) is 0 Å². The highest BCUT2D eigenvalue weighted by Gasteiger charge is 2.47. The van der Waals surface area contributed by atoms with Gasteiger partial charge in [-0.2, -0.15) is 0 Å². The highest BCUT2D eigenvalue weighted by atomic mass is 16.9. The van der Waals surface area contributed by atoms with Crippen LogP contribution in [0.4, 0.5) is 0 Å². The van der Waals surface area contributed by atoms with E-state index in [1.807, 2.05) is 0 Å². The minimum absolute atomic E-state index is 0.171. The van der Waals surface area contributed by atoms with Gasteiger partial charge in [0.25, 0.3) is 0 Å². The molecule has 1 aliphatic rings. The monoisotopic (exact) mass is 406 g/mol. The Kier molecular flexibility index (Phi) is 7.58. The summed E-state index contributed by atoms with van der Waals surface area (Å²) in [5.41, 5.74) is -5.17. The average Bonchev–Trinajstić information content (AvgIpc) is 2.69. The number of carbonyl (C=O) groups excluding carboxylic acids is 6. The number of carbonyl (C=O) groups is 6. The predicted molar refractivity (Wildman–Crippen MR) is 80.5 cm³/mol. The van der Waals surface area contributed by atoms with E-state index in [9.17, 15) is 39.0 Å². The highest BCUT2D eigenvalue weighted by molar-refractivity contribution is 5.91. The van der Waals surface area contributed by atoms with Gasteiger partial charge in [-0.05, 0) is 0 Å². The fraction of sp³-hybridized carbons (Fsp3) is 0.600. The van der Waals surface area contributed by atoms with Crippen LogP contribution in [0.5, 0.6) is 0 Å². The average molecular weight is 406 g/mol. The van der Waals surface area contributed by atoms with Crippen molar-refractivity contribution in [2.75, 3.05) is 14.2 Å². The number of methoxy groups -OCH3 is 2. The predicted octanol–water partition coefficient (Wildman–Crippen LogP) is -2.52. The van der Waals surface area contributed by atoms with E-state index in [0.717, 1.165) is 14.2 Å². The number of cyclic esters (lactones) is 2. The molecule has 1 aliphatic heterocycles. The minimum atomic E-state index is -2.67. The summed E-state index contributed by atoms with van der Waals surface area (Å²) in [7, 11) is 1.86. The lowest BCUT2D eigenvalue weighted by Crippen LogP contribution is -2.45. The fourth-order valence-electron chi connectivity index (χ4n) is 2.12. The van der Waals surface area contributed by atoms with Crippen LogP contribution in [0.1, 0.15) is 25.7 Å². The molecule has 13 nitrogen and oxygen atoms in total. The van der Waals surface area contributed by atoms with Gasteiger partial charge in [0, 0.05) is 6.42 Å². The van der Waals surface area contributed by atoms with E-state index < -0.39 is 73.2 Å². The van der Waals surface area contributed by atoms with Crippen molar-refractivity contribution in [3.8, 4) is 0 Å². The molecule has 13 heteroatoms. The Hall–Kier alpha value is -3.06. The summed E-state index contributed by atoms with van der Waals surface area (Å²) < 4.78 is 22.2. The van der Waals surface area contributed by atoms with Gasteiger partial charge >= 0.3 is 36.3 Å². The van der Waals surface area contributed by atoms with Gasteiger partial charge in [-0.1, -0.05) is 0 Å². The second-order valence-electron chi connectivity index (χ2n) is 5.71. The molecule has 1 saturated heterocycles. The van der Waals surface area contributed by atoms with Gasteiger partial charge < -0.3 is 38.7 Å². The summed E-state index contributed by atoms with van der Waals surface area (Å²) in [6.07, 6.45) is -3.66. The van der Waals surface area contributed by atoms with Crippen molar-refractivity contribution < 1.29 is 62.7 Å². The summed E-state index contributed by atoms with van der Waals surface area (Å²) in [6.45, 7) is -2.26. The molecule has 1 heterocycles. The Morgan fingerprint density at radius 3 is 2.32 bits per heavy atom. The first-order valence-electron chi connectivity index (χ1n) is 7.63. The standard InChI is InChI=1S/C15H18O13/c1-24-8(17)5-15(23,11(20)25-2)7-10(19)27-13-26-9(18)6-14(22,3-4-16)12(21)28-13/h4,13,22-23H,3,5-7H2,1-2H3. The second-order valence-corrected chi connectivity index (χ2v) is 5.71. The van der Waals surface area contributed by atoms with E-state index in [-0.39, 0.29) is 6.29 Å².